The number of carboxylic acid groups (broad SMARTS) is 1. The second kappa shape index (κ2) is 4.29. The molecule has 5 nitrogen and oxygen atoms in total. The number of carbonyl (C=O) groups is 2. The third-order valence-electron chi connectivity index (χ3n) is 4.32. The average Bonchev–Trinajstić information content (AvgIpc) is 2.86. The summed E-state index contributed by atoms with van der Waals surface area (Å²) in [5.74, 6) is -0.960. The summed E-state index contributed by atoms with van der Waals surface area (Å²) >= 11 is 0. The number of carboxylic acids is 1. The molecule has 17 heavy (non-hydrogen) atoms. The first kappa shape index (κ1) is 12.4. The van der Waals surface area contributed by atoms with Gasteiger partial charge in [-0.2, -0.15) is 0 Å². The van der Waals surface area contributed by atoms with E-state index in [0.29, 0.717) is 13.0 Å². The van der Waals surface area contributed by atoms with Crippen molar-refractivity contribution in [3.63, 3.8) is 0 Å². The molecule has 2 unspecified atom stereocenters. The van der Waals surface area contributed by atoms with E-state index in [1.165, 1.54) is 4.90 Å². The lowest BCUT2D eigenvalue weighted by Crippen LogP contribution is -2.52. The standard InChI is InChI=1S/C12H20N2O3/c1-12(6-2-5-9(12)13)11(17)14-7-3-4-8(14)10(15)16/h8-9H,2-7,13H2,1H3,(H,15,16)/t8-,9?,12?/m1/s1. The Hall–Kier alpha value is -1.10. The monoisotopic (exact) mass is 240 g/mol. The number of hydrogen-bond donors (Lipinski definition) is 2. The van der Waals surface area contributed by atoms with Gasteiger partial charge in [0.15, 0.2) is 0 Å². The van der Waals surface area contributed by atoms with Gasteiger partial charge in [-0.15, -0.1) is 0 Å². The van der Waals surface area contributed by atoms with Crippen LogP contribution in [0.3, 0.4) is 0 Å². The van der Waals surface area contributed by atoms with Crippen molar-refractivity contribution in [2.75, 3.05) is 6.54 Å². The normalized spacial score (nSPS) is 37.4. The molecular weight excluding hydrogens is 220 g/mol. The minimum Gasteiger partial charge on any atom is -0.480 e. The Kier molecular flexibility index (Phi) is 3.12. The molecule has 1 amide bonds. The Morgan fingerprint density at radius 2 is 2.06 bits per heavy atom. The van der Waals surface area contributed by atoms with E-state index < -0.39 is 17.4 Å². The molecule has 0 aromatic carbocycles. The molecule has 1 aliphatic carbocycles. The summed E-state index contributed by atoms with van der Waals surface area (Å²) in [7, 11) is 0. The Labute approximate surface area is 101 Å². The fourth-order valence-corrected chi connectivity index (χ4v) is 3.05. The molecule has 1 saturated heterocycles. The maximum absolute atomic E-state index is 12.5. The molecule has 2 aliphatic rings. The van der Waals surface area contributed by atoms with Gasteiger partial charge in [0.1, 0.15) is 6.04 Å². The third-order valence-corrected chi connectivity index (χ3v) is 4.32. The molecular formula is C12H20N2O3. The maximum atomic E-state index is 12.5. The molecule has 0 radical (unpaired) electrons. The largest absolute Gasteiger partial charge is 0.480 e. The van der Waals surface area contributed by atoms with E-state index in [9.17, 15) is 9.59 Å². The zero-order chi connectivity index (χ0) is 12.6. The smallest absolute Gasteiger partial charge is 0.326 e. The average molecular weight is 240 g/mol. The number of nitrogens with two attached hydrogens (primary N) is 1. The lowest BCUT2D eigenvalue weighted by molar-refractivity contribution is -0.152. The second-order valence-electron chi connectivity index (χ2n) is 5.41. The fourth-order valence-electron chi connectivity index (χ4n) is 3.05. The number of aliphatic carboxylic acids is 1. The highest BCUT2D eigenvalue weighted by atomic mass is 16.4. The van der Waals surface area contributed by atoms with Gasteiger partial charge in [0.25, 0.3) is 0 Å². The number of amides is 1. The van der Waals surface area contributed by atoms with Crippen molar-refractivity contribution in [1.82, 2.24) is 4.90 Å². The van der Waals surface area contributed by atoms with Crippen LogP contribution in [-0.2, 0) is 9.59 Å². The molecule has 0 bridgehead atoms. The lowest BCUT2D eigenvalue weighted by Gasteiger charge is -2.34. The van der Waals surface area contributed by atoms with E-state index in [-0.39, 0.29) is 11.9 Å². The summed E-state index contributed by atoms with van der Waals surface area (Å²) in [5.41, 5.74) is 5.45. The number of nitrogens with zero attached hydrogens (tertiary/aromatic N) is 1. The van der Waals surface area contributed by atoms with Gasteiger partial charge in [0.2, 0.25) is 5.91 Å². The van der Waals surface area contributed by atoms with E-state index >= 15 is 0 Å². The topological polar surface area (TPSA) is 83.6 Å². The third kappa shape index (κ3) is 1.92. The van der Waals surface area contributed by atoms with Crippen LogP contribution in [0.4, 0.5) is 0 Å². The van der Waals surface area contributed by atoms with E-state index in [4.69, 9.17) is 10.8 Å². The SMILES string of the molecule is CC1(C(=O)N2CCC[C@@H]2C(=O)O)CCCC1N. The molecule has 0 aromatic heterocycles. The van der Waals surface area contributed by atoms with Crippen molar-refractivity contribution in [2.45, 2.75) is 51.1 Å². The molecule has 5 heteroatoms. The van der Waals surface area contributed by atoms with E-state index in [0.717, 1.165) is 25.7 Å². The van der Waals surface area contributed by atoms with Crippen LogP contribution < -0.4 is 5.73 Å². The van der Waals surface area contributed by atoms with E-state index in [2.05, 4.69) is 0 Å². The Morgan fingerprint density at radius 1 is 1.35 bits per heavy atom. The summed E-state index contributed by atoms with van der Waals surface area (Å²) in [6.45, 7) is 2.43. The van der Waals surface area contributed by atoms with Crippen LogP contribution >= 0.6 is 0 Å². The van der Waals surface area contributed by atoms with Crippen LogP contribution in [0.25, 0.3) is 0 Å². The summed E-state index contributed by atoms with van der Waals surface area (Å²) in [4.78, 5) is 25.1. The zero-order valence-corrected chi connectivity index (χ0v) is 10.2. The Balaban J connectivity index is 2.17. The molecule has 96 valence electrons. The molecule has 0 spiro atoms. The maximum Gasteiger partial charge on any atom is 0.326 e. The lowest BCUT2D eigenvalue weighted by atomic mass is 9.83. The highest BCUT2D eigenvalue weighted by molar-refractivity contribution is 5.88. The predicted octanol–water partition coefficient (Wildman–Crippen LogP) is 0.579. The van der Waals surface area contributed by atoms with Crippen LogP contribution in [0.5, 0.6) is 0 Å². The van der Waals surface area contributed by atoms with Gasteiger partial charge in [-0.25, -0.2) is 4.79 Å². The first-order chi connectivity index (χ1) is 7.97. The van der Waals surface area contributed by atoms with Crippen molar-refractivity contribution in [1.29, 1.82) is 0 Å². The second-order valence-corrected chi connectivity index (χ2v) is 5.41. The molecule has 3 N–H and O–H groups in total. The van der Waals surface area contributed by atoms with Crippen molar-refractivity contribution in [3.05, 3.63) is 0 Å². The van der Waals surface area contributed by atoms with Crippen molar-refractivity contribution in [3.8, 4) is 0 Å². The molecule has 1 saturated carbocycles. The molecule has 0 aromatic rings. The minimum atomic E-state index is -0.897. The van der Waals surface area contributed by atoms with Gasteiger partial charge in [-0.05, 0) is 32.6 Å². The predicted molar refractivity (Wildman–Crippen MR) is 62.3 cm³/mol. The number of rotatable bonds is 2. The summed E-state index contributed by atoms with van der Waals surface area (Å²) in [5, 5.41) is 9.10. The Morgan fingerprint density at radius 3 is 2.59 bits per heavy atom. The first-order valence-corrected chi connectivity index (χ1v) is 6.26. The van der Waals surface area contributed by atoms with Gasteiger partial charge in [0, 0.05) is 12.6 Å². The number of hydrogen-bond acceptors (Lipinski definition) is 3. The molecule has 2 rings (SSSR count). The number of carbonyl (C=O) groups excluding carboxylic acids is 1. The molecule has 1 aliphatic heterocycles. The van der Waals surface area contributed by atoms with Gasteiger partial charge in [-0.3, -0.25) is 4.79 Å². The van der Waals surface area contributed by atoms with Crippen LogP contribution in [0.1, 0.15) is 39.0 Å². The van der Waals surface area contributed by atoms with Crippen LogP contribution in [0, 0.1) is 5.41 Å². The van der Waals surface area contributed by atoms with Gasteiger partial charge < -0.3 is 15.7 Å². The number of likely N-dealkylation sites (tertiary alicyclic amines) is 1. The fraction of sp³-hybridized carbons (Fsp3) is 0.833. The first-order valence-electron chi connectivity index (χ1n) is 6.26. The summed E-state index contributed by atoms with van der Waals surface area (Å²) in [6, 6.07) is -0.780. The van der Waals surface area contributed by atoms with Crippen molar-refractivity contribution in [2.24, 2.45) is 11.1 Å². The zero-order valence-electron chi connectivity index (χ0n) is 10.2. The van der Waals surface area contributed by atoms with E-state index in [1.807, 2.05) is 6.92 Å². The minimum absolute atomic E-state index is 0.0626. The van der Waals surface area contributed by atoms with Gasteiger partial charge >= 0.3 is 5.97 Å². The van der Waals surface area contributed by atoms with Crippen LogP contribution in [-0.4, -0.2) is 40.5 Å². The van der Waals surface area contributed by atoms with Crippen LogP contribution in [0.15, 0.2) is 0 Å². The van der Waals surface area contributed by atoms with Gasteiger partial charge in [0.05, 0.1) is 5.41 Å². The highest BCUT2D eigenvalue weighted by Crippen LogP contribution is 2.39. The van der Waals surface area contributed by atoms with Crippen LogP contribution in [0.2, 0.25) is 0 Å². The summed E-state index contributed by atoms with van der Waals surface area (Å²) < 4.78 is 0. The highest BCUT2D eigenvalue weighted by Gasteiger charge is 2.48. The summed E-state index contributed by atoms with van der Waals surface area (Å²) in [6.07, 6.45) is 3.92. The van der Waals surface area contributed by atoms with Crippen molar-refractivity contribution >= 4 is 11.9 Å². The molecule has 2 fully saturated rings. The van der Waals surface area contributed by atoms with Gasteiger partial charge in [-0.1, -0.05) is 6.42 Å². The van der Waals surface area contributed by atoms with Crippen molar-refractivity contribution < 1.29 is 14.7 Å². The quantitative estimate of drug-likeness (QED) is 0.739. The Bertz CT molecular complexity index is 345. The molecule has 1 heterocycles. The van der Waals surface area contributed by atoms with E-state index in [1.54, 1.807) is 0 Å². The molecule has 3 atom stereocenters.